The Hall–Kier alpha value is -3.20. The van der Waals surface area contributed by atoms with E-state index in [9.17, 15) is 4.79 Å². The Morgan fingerprint density at radius 3 is 3.17 bits per heavy atom. The third kappa shape index (κ3) is 2.31. The lowest BCUT2D eigenvalue weighted by molar-refractivity contribution is -0.127. The van der Waals surface area contributed by atoms with E-state index in [0.717, 1.165) is 45.9 Å². The van der Waals surface area contributed by atoms with Gasteiger partial charge in [0.25, 0.3) is 0 Å². The first kappa shape index (κ1) is 14.4. The van der Waals surface area contributed by atoms with Gasteiger partial charge < -0.3 is 9.88 Å². The summed E-state index contributed by atoms with van der Waals surface area (Å²) in [5.41, 5.74) is 3.84. The Morgan fingerprint density at radius 1 is 1.38 bits per heavy atom. The average Bonchev–Trinajstić information content (AvgIpc) is 3.10. The number of pyridine rings is 2. The van der Waals surface area contributed by atoms with Gasteiger partial charge in [0.2, 0.25) is 5.91 Å². The molecular formula is C18H15N5O. The number of amides is 1. The van der Waals surface area contributed by atoms with Gasteiger partial charge in [-0.25, -0.2) is 9.97 Å². The molecular weight excluding hydrogens is 302 g/mol. The third-order valence-electron chi connectivity index (χ3n) is 4.35. The summed E-state index contributed by atoms with van der Waals surface area (Å²) in [7, 11) is 0. The lowest BCUT2D eigenvalue weighted by atomic mass is 9.95. The first-order valence-corrected chi connectivity index (χ1v) is 7.86. The Morgan fingerprint density at radius 2 is 2.29 bits per heavy atom. The molecule has 1 N–H and O–H groups in total. The summed E-state index contributed by atoms with van der Waals surface area (Å²) in [6.45, 7) is 0.663. The maximum absolute atomic E-state index is 12.0. The number of nitrogens with zero attached hydrogens (tertiary/aromatic N) is 4. The van der Waals surface area contributed by atoms with E-state index in [1.807, 2.05) is 30.6 Å². The normalized spacial score (nSPS) is 14.6. The van der Waals surface area contributed by atoms with Crippen LogP contribution in [0, 0.1) is 11.3 Å². The zero-order chi connectivity index (χ0) is 16.5. The number of allylic oxidation sites excluding steroid dienone is 1. The van der Waals surface area contributed by atoms with Crippen LogP contribution in [-0.4, -0.2) is 32.3 Å². The van der Waals surface area contributed by atoms with Crippen molar-refractivity contribution in [3.05, 3.63) is 42.5 Å². The molecule has 4 heterocycles. The summed E-state index contributed by atoms with van der Waals surface area (Å²) in [6, 6.07) is 5.92. The van der Waals surface area contributed by atoms with E-state index in [-0.39, 0.29) is 12.3 Å². The Balaban J connectivity index is 1.88. The van der Waals surface area contributed by atoms with Gasteiger partial charge in [-0.15, -0.1) is 0 Å². The number of carbonyl (C=O) groups is 1. The third-order valence-corrected chi connectivity index (χ3v) is 4.35. The highest BCUT2D eigenvalue weighted by molar-refractivity contribution is 6.08. The maximum Gasteiger partial charge on any atom is 0.240 e. The van der Waals surface area contributed by atoms with E-state index in [1.54, 1.807) is 17.3 Å². The van der Waals surface area contributed by atoms with Crippen molar-refractivity contribution in [2.45, 2.75) is 19.3 Å². The molecule has 6 heteroatoms. The van der Waals surface area contributed by atoms with Gasteiger partial charge in [0, 0.05) is 35.9 Å². The summed E-state index contributed by atoms with van der Waals surface area (Å²) in [5, 5.41) is 10.8. The Bertz CT molecular complexity index is 1010. The lowest BCUT2D eigenvalue weighted by Gasteiger charge is -2.25. The van der Waals surface area contributed by atoms with Gasteiger partial charge in [0.1, 0.15) is 6.42 Å². The molecule has 0 bridgehead atoms. The number of carbonyl (C=O) groups excluding carboxylic acids is 1. The minimum absolute atomic E-state index is 0.0893. The predicted molar refractivity (Wildman–Crippen MR) is 90.5 cm³/mol. The van der Waals surface area contributed by atoms with E-state index in [1.165, 1.54) is 0 Å². The highest BCUT2D eigenvalue weighted by atomic mass is 16.2. The molecule has 1 aliphatic heterocycles. The quantitative estimate of drug-likeness (QED) is 0.787. The molecule has 24 heavy (non-hydrogen) atoms. The van der Waals surface area contributed by atoms with Crippen molar-refractivity contribution in [1.29, 1.82) is 5.26 Å². The standard InChI is InChI=1S/C18H15N5O/c19-6-3-16(24)23-9-1-2-12(11-23)13-4-7-20-15-10-22-18-14(17(13)15)5-8-21-18/h4-5,7-8,10-11,20H,1-3,9H2. The smallest absolute Gasteiger partial charge is 0.240 e. The van der Waals surface area contributed by atoms with Crippen LogP contribution in [0.2, 0.25) is 0 Å². The molecule has 0 aromatic carbocycles. The fraction of sp³-hybridized carbons (Fsp3) is 0.222. The average molecular weight is 317 g/mol. The van der Waals surface area contributed by atoms with Crippen molar-refractivity contribution in [3.8, 4) is 6.07 Å². The number of rotatable bonds is 2. The van der Waals surface area contributed by atoms with Crippen LogP contribution in [0.4, 0.5) is 0 Å². The van der Waals surface area contributed by atoms with E-state index in [2.05, 4.69) is 15.0 Å². The minimum Gasteiger partial charge on any atom is -0.360 e. The SMILES string of the molecule is N#CCC(=O)N1C=C(c2cc[nH]c3cnc4nccc4c23)CCC1. The lowest BCUT2D eigenvalue weighted by Crippen LogP contribution is -2.29. The Labute approximate surface area is 138 Å². The molecule has 0 unspecified atom stereocenters. The highest BCUT2D eigenvalue weighted by Crippen LogP contribution is 2.33. The molecule has 3 aromatic heterocycles. The summed E-state index contributed by atoms with van der Waals surface area (Å²) in [6.07, 6.45) is 9.01. The van der Waals surface area contributed by atoms with Crippen LogP contribution in [0.1, 0.15) is 24.8 Å². The van der Waals surface area contributed by atoms with Gasteiger partial charge >= 0.3 is 0 Å². The number of aromatic nitrogens is 3. The number of nitriles is 1. The van der Waals surface area contributed by atoms with Crippen molar-refractivity contribution in [2.75, 3.05) is 6.54 Å². The van der Waals surface area contributed by atoms with Gasteiger partial charge in [-0.05, 0) is 36.1 Å². The van der Waals surface area contributed by atoms with Gasteiger partial charge in [0.15, 0.2) is 5.65 Å². The van der Waals surface area contributed by atoms with Crippen molar-refractivity contribution < 1.29 is 4.79 Å². The van der Waals surface area contributed by atoms with Crippen LogP contribution >= 0.6 is 0 Å². The summed E-state index contributed by atoms with van der Waals surface area (Å²) < 4.78 is 0. The Kier molecular flexibility index (Phi) is 3.47. The zero-order valence-corrected chi connectivity index (χ0v) is 13.0. The molecule has 1 amide bonds. The van der Waals surface area contributed by atoms with Crippen LogP contribution in [0.25, 0.3) is 27.5 Å². The second kappa shape index (κ2) is 5.78. The zero-order valence-electron chi connectivity index (χ0n) is 13.0. The van der Waals surface area contributed by atoms with Gasteiger partial charge in [0.05, 0.1) is 17.8 Å². The molecule has 6 nitrogen and oxygen atoms in total. The van der Waals surface area contributed by atoms with Gasteiger partial charge in [-0.3, -0.25) is 4.79 Å². The summed E-state index contributed by atoms with van der Waals surface area (Å²) in [5.74, 6) is -0.150. The van der Waals surface area contributed by atoms with Crippen LogP contribution in [0.15, 0.2) is 36.9 Å². The first-order valence-electron chi connectivity index (χ1n) is 7.86. The van der Waals surface area contributed by atoms with Crippen LogP contribution in [0.3, 0.4) is 0 Å². The number of nitrogens with one attached hydrogen (secondary N) is 1. The van der Waals surface area contributed by atoms with E-state index in [4.69, 9.17) is 5.26 Å². The number of aromatic amines is 1. The first-order chi connectivity index (χ1) is 11.8. The van der Waals surface area contributed by atoms with Gasteiger partial charge in [-0.1, -0.05) is 0 Å². The van der Waals surface area contributed by atoms with Crippen molar-refractivity contribution in [3.63, 3.8) is 0 Å². The largest absolute Gasteiger partial charge is 0.360 e. The monoisotopic (exact) mass is 317 g/mol. The summed E-state index contributed by atoms with van der Waals surface area (Å²) in [4.78, 5) is 25.6. The van der Waals surface area contributed by atoms with E-state index in [0.29, 0.717) is 6.54 Å². The number of hydrogen-bond donors (Lipinski definition) is 1. The molecule has 0 atom stereocenters. The number of hydrogen-bond acceptors (Lipinski definition) is 4. The molecule has 1 aliphatic rings. The van der Waals surface area contributed by atoms with Crippen LogP contribution in [0.5, 0.6) is 0 Å². The predicted octanol–water partition coefficient (Wildman–Crippen LogP) is 2.99. The van der Waals surface area contributed by atoms with Crippen molar-refractivity contribution >= 4 is 33.4 Å². The molecule has 0 aliphatic carbocycles. The molecule has 0 radical (unpaired) electrons. The van der Waals surface area contributed by atoms with Gasteiger partial charge in [-0.2, -0.15) is 5.26 Å². The van der Waals surface area contributed by atoms with E-state index >= 15 is 0 Å². The number of H-pyrrole nitrogens is 1. The van der Waals surface area contributed by atoms with Crippen LogP contribution in [-0.2, 0) is 4.79 Å². The molecule has 0 fully saturated rings. The van der Waals surface area contributed by atoms with Crippen LogP contribution < -0.4 is 0 Å². The topological polar surface area (TPSA) is 85.7 Å². The molecule has 4 rings (SSSR count). The highest BCUT2D eigenvalue weighted by Gasteiger charge is 2.19. The number of fused-ring (bicyclic) bond motifs is 3. The molecule has 3 aromatic rings. The van der Waals surface area contributed by atoms with Crippen molar-refractivity contribution in [1.82, 2.24) is 19.9 Å². The minimum atomic E-state index is -0.150. The molecule has 0 saturated carbocycles. The maximum atomic E-state index is 12.0. The second-order valence-corrected chi connectivity index (χ2v) is 5.80. The fourth-order valence-corrected chi connectivity index (χ4v) is 3.25. The molecule has 0 spiro atoms. The fourth-order valence-electron chi connectivity index (χ4n) is 3.25. The molecule has 0 saturated heterocycles. The molecule has 118 valence electrons. The van der Waals surface area contributed by atoms with Crippen molar-refractivity contribution in [2.24, 2.45) is 0 Å². The summed E-state index contributed by atoms with van der Waals surface area (Å²) >= 11 is 0. The van der Waals surface area contributed by atoms with E-state index < -0.39 is 0 Å². The second-order valence-electron chi connectivity index (χ2n) is 5.80.